The summed E-state index contributed by atoms with van der Waals surface area (Å²) in [5.74, 6) is 0. The highest BCUT2D eigenvalue weighted by atomic mass is 16.3. The quantitative estimate of drug-likeness (QED) is 0.197. The van der Waals surface area contributed by atoms with Crippen LogP contribution in [0.25, 0.3) is 33.2 Å². The van der Waals surface area contributed by atoms with E-state index in [2.05, 4.69) is 168 Å². The lowest BCUT2D eigenvalue weighted by molar-refractivity contribution is 0.669. The molecule has 0 atom stereocenters. The number of hydrogen-bond acceptors (Lipinski definition) is 5. The minimum Gasteiger partial charge on any atom is -0.453 e. The minimum atomic E-state index is 0.846. The van der Waals surface area contributed by atoms with Gasteiger partial charge in [-0.2, -0.15) is 0 Å². The van der Waals surface area contributed by atoms with Crippen LogP contribution in [-0.2, 0) is 0 Å². The first-order chi connectivity index (χ1) is 23.7. The van der Waals surface area contributed by atoms with Crippen molar-refractivity contribution in [2.45, 2.75) is 13.8 Å². The molecule has 5 heteroatoms. The molecule has 0 aliphatic carbocycles. The number of aromatic nitrogens is 1. The maximum absolute atomic E-state index is 7.11. The van der Waals surface area contributed by atoms with Gasteiger partial charge in [-0.25, -0.2) is 0 Å². The first-order valence-electron chi connectivity index (χ1n) is 16.3. The maximum atomic E-state index is 7.11. The van der Waals surface area contributed by atoms with Gasteiger partial charge in [-0.1, -0.05) is 66.7 Å². The van der Waals surface area contributed by atoms with Crippen molar-refractivity contribution in [3.05, 3.63) is 157 Å². The predicted octanol–water partition coefficient (Wildman–Crippen LogP) is 12.3. The smallest absolute Gasteiger partial charge is 0.161 e. The van der Waals surface area contributed by atoms with Gasteiger partial charge < -0.3 is 14.2 Å². The standard InChI is InChI=1S/C43H30N4O/c1-27-25-34(44-26-28(27)2)33-18-11-17-31-32-23-24-39-41(43(32)48-42(31)33)47-36-20-10-9-19-35(36)45(29-13-5-3-6-14-29)37-21-12-22-38(40(37)47)46(39)30-15-7-4-8-16-30/h3-26H,1-2H3. The molecule has 2 aliphatic rings. The van der Waals surface area contributed by atoms with E-state index in [0.29, 0.717) is 0 Å². The van der Waals surface area contributed by atoms with Crippen molar-refractivity contribution in [2.24, 2.45) is 0 Å². The van der Waals surface area contributed by atoms with Gasteiger partial charge in [-0.15, -0.1) is 0 Å². The summed E-state index contributed by atoms with van der Waals surface area (Å²) in [6.07, 6.45) is 1.95. The topological polar surface area (TPSA) is 35.8 Å². The number of rotatable bonds is 3. The minimum absolute atomic E-state index is 0.846. The molecule has 0 saturated heterocycles. The van der Waals surface area contributed by atoms with Crippen LogP contribution < -0.4 is 14.7 Å². The second kappa shape index (κ2) is 10.1. The van der Waals surface area contributed by atoms with Gasteiger partial charge in [-0.05, 0) is 97.8 Å². The summed E-state index contributed by atoms with van der Waals surface area (Å²) in [5, 5.41) is 2.15. The highest BCUT2D eigenvalue weighted by Crippen LogP contribution is 2.64. The van der Waals surface area contributed by atoms with E-state index in [9.17, 15) is 0 Å². The van der Waals surface area contributed by atoms with Gasteiger partial charge in [0.15, 0.2) is 5.58 Å². The number of pyridine rings is 1. The fourth-order valence-electron chi connectivity index (χ4n) is 7.48. The van der Waals surface area contributed by atoms with Crippen molar-refractivity contribution in [3.8, 4) is 11.3 Å². The Balaban J connectivity index is 1.32. The molecule has 48 heavy (non-hydrogen) atoms. The van der Waals surface area contributed by atoms with Crippen molar-refractivity contribution in [3.63, 3.8) is 0 Å². The number of aryl methyl sites for hydroxylation is 2. The van der Waals surface area contributed by atoms with Crippen LogP contribution >= 0.6 is 0 Å². The normalized spacial score (nSPS) is 13.1. The van der Waals surface area contributed by atoms with E-state index < -0.39 is 0 Å². The first kappa shape index (κ1) is 26.8. The molecule has 0 bridgehead atoms. The molecule has 2 aromatic heterocycles. The Bertz CT molecular complexity index is 2540. The molecule has 8 aromatic rings. The molecule has 0 amide bonds. The van der Waals surface area contributed by atoms with E-state index in [1.807, 2.05) is 6.20 Å². The number of benzene rings is 6. The fraction of sp³-hybridized carbons (Fsp3) is 0.0465. The number of fused-ring (bicyclic) bond motifs is 8. The number of hydrogen-bond donors (Lipinski definition) is 0. The van der Waals surface area contributed by atoms with Gasteiger partial charge in [0.25, 0.3) is 0 Å². The van der Waals surface area contributed by atoms with Crippen LogP contribution in [0.1, 0.15) is 11.1 Å². The van der Waals surface area contributed by atoms with Crippen LogP contribution in [0.5, 0.6) is 0 Å². The Morgan fingerprint density at radius 3 is 1.71 bits per heavy atom. The zero-order valence-electron chi connectivity index (χ0n) is 26.6. The lowest BCUT2D eigenvalue weighted by atomic mass is 9.97. The van der Waals surface area contributed by atoms with E-state index in [-0.39, 0.29) is 0 Å². The molecular formula is C43H30N4O. The van der Waals surface area contributed by atoms with E-state index in [1.54, 1.807) is 0 Å². The number of furan rings is 1. The van der Waals surface area contributed by atoms with Crippen molar-refractivity contribution in [2.75, 3.05) is 14.7 Å². The highest BCUT2D eigenvalue weighted by molar-refractivity contribution is 6.21. The maximum Gasteiger partial charge on any atom is 0.161 e. The van der Waals surface area contributed by atoms with Gasteiger partial charge in [0, 0.05) is 33.9 Å². The molecule has 2 aliphatic heterocycles. The Kier molecular flexibility index (Phi) is 5.64. The predicted molar refractivity (Wildman–Crippen MR) is 198 cm³/mol. The van der Waals surface area contributed by atoms with Gasteiger partial charge in [0.1, 0.15) is 11.3 Å². The molecular weight excluding hydrogens is 589 g/mol. The average Bonchev–Trinajstić information content (AvgIpc) is 3.52. The molecule has 0 N–H and O–H groups in total. The van der Waals surface area contributed by atoms with Gasteiger partial charge in [0.05, 0.1) is 39.8 Å². The van der Waals surface area contributed by atoms with Crippen LogP contribution in [0.4, 0.5) is 51.2 Å². The summed E-state index contributed by atoms with van der Waals surface area (Å²) >= 11 is 0. The monoisotopic (exact) mass is 618 g/mol. The summed E-state index contributed by atoms with van der Waals surface area (Å²) in [5.41, 5.74) is 15.8. The first-order valence-corrected chi connectivity index (χ1v) is 16.3. The Morgan fingerprint density at radius 2 is 1.02 bits per heavy atom. The van der Waals surface area contributed by atoms with Gasteiger partial charge >= 0.3 is 0 Å². The lowest BCUT2D eigenvalue weighted by Crippen LogP contribution is -2.30. The van der Waals surface area contributed by atoms with Crippen molar-refractivity contribution >= 4 is 73.1 Å². The Labute approximate surface area is 278 Å². The number of anilines is 9. The summed E-state index contributed by atoms with van der Waals surface area (Å²) in [4.78, 5) is 12.0. The van der Waals surface area contributed by atoms with E-state index >= 15 is 0 Å². The second-order valence-corrected chi connectivity index (χ2v) is 12.6. The van der Waals surface area contributed by atoms with Gasteiger partial charge in [0.2, 0.25) is 0 Å². The van der Waals surface area contributed by atoms with Crippen LogP contribution in [-0.4, -0.2) is 4.98 Å². The summed E-state index contributed by atoms with van der Waals surface area (Å²) in [6, 6.07) is 49.6. The fourth-order valence-corrected chi connectivity index (χ4v) is 7.48. The van der Waals surface area contributed by atoms with E-state index in [4.69, 9.17) is 9.40 Å². The molecule has 4 heterocycles. The van der Waals surface area contributed by atoms with Crippen molar-refractivity contribution in [1.82, 2.24) is 4.98 Å². The lowest BCUT2D eigenvalue weighted by Gasteiger charge is -2.46. The van der Waals surface area contributed by atoms with Crippen LogP contribution in [0.15, 0.2) is 150 Å². The zero-order valence-corrected chi connectivity index (χ0v) is 26.6. The zero-order chi connectivity index (χ0) is 31.9. The highest BCUT2D eigenvalue weighted by Gasteiger charge is 2.40. The van der Waals surface area contributed by atoms with E-state index in [1.165, 1.54) is 11.1 Å². The molecule has 0 saturated carbocycles. The van der Waals surface area contributed by atoms with Crippen LogP contribution in [0, 0.1) is 13.8 Å². The molecule has 0 radical (unpaired) electrons. The molecule has 6 aromatic carbocycles. The molecule has 0 fully saturated rings. The Morgan fingerprint density at radius 1 is 0.458 bits per heavy atom. The van der Waals surface area contributed by atoms with Gasteiger partial charge in [-0.3, -0.25) is 9.88 Å². The SMILES string of the molecule is Cc1cnc(-c2cccc3c2oc2c4c(ccc23)N(c2ccccc2)c2cccc3c2N4c2ccccc2N3c2ccccc2)cc1C. The summed E-state index contributed by atoms with van der Waals surface area (Å²) < 4.78 is 7.11. The second-order valence-electron chi connectivity index (χ2n) is 12.6. The molecule has 228 valence electrons. The summed E-state index contributed by atoms with van der Waals surface area (Å²) in [6.45, 7) is 4.23. The Hall–Kier alpha value is -6.33. The van der Waals surface area contributed by atoms with Crippen LogP contribution in [0.2, 0.25) is 0 Å². The van der Waals surface area contributed by atoms with E-state index in [0.717, 1.165) is 84.4 Å². The third kappa shape index (κ3) is 3.70. The average molecular weight is 619 g/mol. The third-order valence-corrected chi connectivity index (χ3v) is 9.82. The van der Waals surface area contributed by atoms with Crippen molar-refractivity contribution in [1.29, 1.82) is 0 Å². The van der Waals surface area contributed by atoms with Crippen LogP contribution in [0.3, 0.4) is 0 Å². The number of nitrogens with zero attached hydrogens (tertiary/aromatic N) is 4. The summed E-state index contributed by atoms with van der Waals surface area (Å²) in [7, 11) is 0. The largest absolute Gasteiger partial charge is 0.453 e. The third-order valence-electron chi connectivity index (χ3n) is 9.82. The molecule has 5 nitrogen and oxygen atoms in total. The molecule has 0 unspecified atom stereocenters. The van der Waals surface area contributed by atoms with Crippen molar-refractivity contribution < 1.29 is 4.42 Å². The molecule has 10 rings (SSSR count). The number of para-hydroxylation sites is 6. The molecule has 0 spiro atoms.